The number of hydrogen-bond donors (Lipinski definition) is 0. The molecule has 4 heteroatoms. The van der Waals surface area contributed by atoms with Crippen molar-refractivity contribution in [2.24, 2.45) is 4.99 Å². The summed E-state index contributed by atoms with van der Waals surface area (Å²) in [6, 6.07) is 20.9. The molecular formula is C27H32NO2P. The van der Waals surface area contributed by atoms with Crippen LogP contribution in [0, 0.1) is 13.8 Å². The highest BCUT2D eigenvalue weighted by atomic mass is 31.1. The van der Waals surface area contributed by atoms with Crippen LogP contribution in [0.3, 0.4) is 0 Å². The average molecular weight is 434 g/mol. The number of nitrogens with zero attached hydrogens (tertiary/aromatic N) is 1. The van der Waals surface area contributed by atoms with Gasteiger partial charge < -0.3 is 9.47 Å². The van der Waals surface area contributed by atoms with Crippen molar-refractivity contribution >= 4 is 31.1 Å². The van der Waals surface area contributed by atoms with Gasteiger partial charge in [0.2, 0.25) is 0 Å². The Hall–Kier alpha value is -2.48. The van der Waals surface area contributed by atoms with Crippen LogP contribution < -0.4 is 15.3 Å². The number of para-hydroxylation sites is 1. The van der Waals surface area contributed by atoms with Crippen molar-refractivity contribution < 1.29 is 9.47 Å². The second-order valence-electron chi connectivity index (χ2n) is 8.75. The summed E-state index contributed by atoms with van der Waals surface area (Å²) in [6.45, 7) is 11.2. The van der Waals surface area contributed by atoms with Gasteiger partial charge in [-0.25, -0.2) is 0 Å². The molecule has 0 radical (unpaired) electrons. The maximum atomic E-state index is 6.13. The number of hydrogen-bond acceptors (Lipinski definition) is 3. The van der Waals surface area contributed by atoms with Gasteiger partial charge in [0.05, 0.1) is 5.69 Å². The van der Waals surface area contributed by atoms with Crippen molar-refractivity contribution in [1.82, 2.24) is 0 Å². The lowest BCUT2D eigenvalue weighted by Crippen LogP contribution is -2.21. The van der Waals surface area contributed by atoms with Crippen LogP contribution in [0.2, 0.25) is 0 Å². The lowest BCUT2D eigenvalue weighted by molar-refractivity contribution is 0.0506. The number of rotatable bonds is 7. The molecule has 0 N–H and O–H groups in total. The molecule has 3 aromatic rings. The first-order chi connectivity index (χ1) is 14.8. The van der Waals surface area contributed by atoms with E-state index in [0.29, 0.717) is 8.58 Å². The minimum absolute atomic E-state index is 0.0301. The van der Waals surface area contributed by atoms with E-state index in [9.17, 15) is 0 Å². The molecule has 0 heterocycles. The molecule has 0 bridgehead atoms. The highest BCUT2D eigenvalue weighted by Crippen LogP contribution is 2.34. The predicted molar refractivity (Wildman–Crippen MR) is 135 cm³/mol. The summed E-state index contributed by atoms with van der Waals surface area (Å²) in [6.07, 6.45) is 1.97. The van der Waals surface area contributed by atoms with Crippen LogP contribution in [0.1, 0.15) is 43.0 Å². The van der Waals surface area contributed by atoms with Gasteiger partial charge in [-0.15, -0.1) is 0 Å². The van der Waals surface area contributed by atoms with E-state index in [1.807, 2.05) is 36.5 Å². The molecule has 31 heavy (non-hydrogen) atoms. The Bertz CT molecular complexity index is 1050. The van der Waals surface area contributed by atoms with Crippen LogP contribution in [0.15, 0.2) is 65.7 Å². The van der Waals surface area contributed by atoms with Gasteiger partial charge in [0.15, 0.2) is 6.79 Å². The standard InChI is InChI=1S/C27H32NO2P/c1-19-15-23(27(3,4)5)25(30-18-29-6)24(16-19)31-26-20(2)11-10-12-21(26)17-28-22-13-8-7-9-14-22/h7-17,31H,18H2,1-6H3. The Morgan fingerprint density at radius 3 is 2.39 bits per heavy atom. The Morgan fingerprint density at radius 2 is 1.71 bits per heavy atom. The minimum Gasteiger partial charge on any atom is -0.467 e. The van der Waals surface area contributed by atoms with Crippen molar-refractivity contribution in [2.45, 2.75) is 40.0 Å². The molecule has 0 amide bonds. The summed E-state index contributed by atoms with van der Waals surface area (Å²) in [7, 11) is 2.11. The molecule has 0 aliphatic heterocycles. The van der Waals surface area contributed by atoms with Gasteiger partial charge in [-0.3, -0.25) is 4.99 Å². The Balaban J connectivity index is 2.06. The molecule has 3 aromatic carbocycles. The molecule has 3 rings (SSSR count). The monoisotopic (exact) mass is 433 g/mol. The van der Waals surface area contributed by atoms with E-state index in [-0.39, 0.29) is 12.2 Å². The molecule has 1 atom stereocenters. The highest BCUT2D eigenvalue weighted by molar-refractivity contribution is 7.56. The molecule has 162 valence electrons. The third kappa shape index (κ3) is 6.03. The summed E-state index contributed by atoms with van der Waals surface area (Å²) in [5, 5.41) is 2.49. The smallest absolute Gasteiger partial charge is 0.188 e. The fourth-order valence-electron chi connectivity index (χ4n) is 3.46. The molecule has 0 aliphatic carbocycles. The van der Waals surface area contributed by atoms with Crippen LogP contribution in [0.4, 0.5) is 5.69 Å². The van der Waals surface area contributed by atoms with Crippen molar-refractivity contribution in [3.63, 3.8) is 0 Å². The van der Waals surface area contributed by atoms with Gasteiger partial charge in [0.25, 0.3) is 0 Å². The molecule has 0 aromatic heterocycles. The van der Waals surface area contributed by atoms with Crippen molar-refractivity contribution in [2.75, 3.05) is 13.9 Å². The predicted octanol–water partition coefficient (Wildman–Crippen LogP) is 5.96. The molecule has 0 saturated carbocycles. The second-order valence-corrected chi connectivity index (χ2v) is 10.0. The van der Waals surface area contributed by atoms with Crippen LogP contribution in [-0.2, 0) is 10.2 Å². The lowest BCUT2D eigenvalue weighted by Gasteiger charge is -2.26. The normalized spacial score (nSPS) is 12.2. The topological polar surface area (TPSA) is 30.8 Å². The first-order valence-electron chi connectivity index (χ1n) is 10.5. The SMILES string of the molecule is COCOc1c(Pc2c(C)cccc2C=Nc2ccccc2)cc(C)cc1C(C)(C)C. The number of methoxy groups -OCH3 is 1. The molecule has 0 saturated heterocycles. The second kappa shape index (κ2) is 10.2. The first kappa shape index (κ1) is 23.2. The van der Waals surface area contributed by atoms with E-state index < -0.39 is 0 Å². The van der Waals surface area contributed by atoms with E-state index in [4.69, 9.17) is 14.5 Å². The third-order valence-corrected chi connectivity index (χ3v) is 6.61. The van der Waals surface area contributed by atoms with Crippen LogP contribution in [0.25, 0.3) is 0 Å². The molecule has 0 aliphatic rings. The number of aryl methyl sites for hydroxylation is 2. The largest absolute Gasteiger partial charge is 0.467 e. The van der Waals surface area contributed by atoms with Crippen LogP contribution in [0.5, 0.6) is 5.75 Å². The van der Waals surface area contributed by atoms with Gasteiger partial charge >= 0.3 is 0 Å². The quantitative estimate of drug-likeness (QED) is 0.261. The molecule has 0 fully saturated rings. The highest BCUT2D eigenvalue weighted by Gasteiger charge is 2.23. The summed E-state index contributed by atoms with van der Waals surface area (Å²) in [5.74, 6) is 0.937. The van der Waals surface area contributed by atoms with Crippen molar-refractivity contribution in [3.8, 4) is 5.75 Å². The Kier molecular flexibility index (Phi) is 7.64. The van der Waals surface area contributed by atoms with E-state index in [1.165, 1.54) is 27.3 Å². The molecule has 3 nitrogen and oxygen atoms in total. The van der Waals surface area contributed by atoms with E-state index in [0.717, 1.165) is 17.0 Å². The number of aliphatic imine (C=N–C) groups is 1. The minimum atomic E-state index is -0.0301. The summed E-state index contributed by atoms with van der Waals surface area (Å²) in [4.78, 5) is 4.69. The first-order valence-corrected chi connectivity index (χ1v) is 11.5. The lowest BCUT2D eigenvalue weighted by atomic mass is 9.85. The zero-order valence-electron chi connectivity index (χ0n) is 19.3. The molecule has 0 spiro atoms. The van der Waals surface area contributed by atoms with Crippen molar-refractivity contribution in [3.05, 3.63) is 82.9 Å². The van der Waals surface area contributed by atoms with Gasteiger partial charge in [-0.2, -0.15) is 0 Å². The zero-order chi connectivity index (χ0) is 22.4. The summed E-state index contributed by atoms with van der Waals surface area (Å²) < 4.78 is 11.4. The zero-order valence-corrected chi connectivity index (χ0v) is 20.3. The van der Waals surface area contributed by atoms with Crippen LogP contribution >= 0.6 is 8.58 Å². The Morgan fingerprint density at radius 1 is 0.968 bits per heavy atom. The van der Waals surface area contributed by atoms with E-state index in [1.54, 1.807) is 7.11 Å². The fourth-order valence-corrected chi connectivity index (χ4v) is 4.92. The number of benzene rings is 3. The molecular weight excluding hydrogens is 401 g/mol. The van der Waals surface area contributed by atoms with Gasteiger partial charge in [0, 0.05) is 29.8 Å². The van der Waals surface area contributed by atoms with Crippen molar-refractivity contribution in [1.29, 1.82) is 0 Å². The fraction of sp³-hybridized carbons (Fsp3) is 0.296. The summed E-state index contributed by atoms with van der Waals surface area (Å²) >= 11 is 0. The maximum absolute atomic E-state index is 6.13. The van der Waals surface area contributed by atoms with Crippen LogP contribution in [-0.4, -0.2) is 20.1 Å². The summed E-state index contributed by atoms with van der Waals surface area (Å²) in [5.41, 5.74) is 5.77. The van der Waals surface area contributed by atoms with Gasteiger partial charge in [0.1, 0.15) is 5.75 Å². The Labute approximate surface area is 188 Å². The number of ether oxygens (including phenoxy) is 2. The average Bonchev–Trinajstić information content (AvgIpc) is 2.73. The maximum Gasteiger partial charge on any atom is 0.188 e. The van der Waals surface area contributed by atoms with Gasteiger partial charge in [-0.1, -0.05) is 71.8 Å². The third-order valence-electron chi connectivity index (χ3n) is 5.04. The van der Waals surface area contributed by atoms with E-state index >= 15 is 0 Å². The van der Waals surface area contributed by atoms with Gasteiger partial charge in [-0.05, 0) is 53.9 Å². The van der Waals surface area contributed by atoms with E-state index in [2.05, 4.69) is 65.0 Å². The molecule has 1 unspecified atom stereocenters.